The molecule has 1 saturated carbocycles. The summed E-state index contributed by atoms with van der Waals surface area (Å²) in [5.74, 6) is -0.0691. The molecule has 1 aromatic carbocycles. The number of amides is 1. The van der Waals surface area contributed by atoms with Gasteiger partial charge in [0.15, 0.2) is 11.6 Å². The lowest BCUT2D eigenvalue weighted by Crippen LogP contribution is -2.15. The molecule has 0 spiro atoms. The smallest absolute Gasteiger partial charge is 0.291 e. The van der Waals surface area contributed by atoms with Crippen LogP contribution in [0.25, 0.3) is 22.5 Å². The predicted octanol–water partition coefficient (Wildman–Crippen LogP) is 6.91. The third kappa shape index (κ3) is 4.76. The van der Waals surface area contributed by atoms with Crippen molar-refractivity contribution in [3.63, 3.8) is 0 Å². The van der Waals surface area contributed by atoms with Gasteiger partial charge in [0.25, 0.3) is 5.91 Å². The van der Waals surface area contributed by atoms with Crippen molar-refractivity contribution in [1.29, 1.82) is 0 Å². The highest BCUT2D eigenvalue weighted by atomic mass is 19.1. The third-order valence-electron chi connectivity index (χ3n) is 6.76. The molecule has 7 heteroatoms. The first-order valence-electron chi connectivity index (χ1n) is 12.2. The van der Waals surface area contributed by atoms with Crippen molar-refractivity contribution in [2.45, 2.75) is 52.0 Å². The molecule has 3 aromatic heterocycles. The standard InChI is InChI=1S/C28H29FN4O2/c1-18(2)20-9-11-21(12-10-20)25-27(33(17-31-25)16-19-6-3-4-7-19)22-14-30-15-23(29)26(22)32-28(34)24-8-5-13-35-24/h5,8-15,17-19H,3-4,6-7,16H2,1-2H3,(H,30,32,34). The molecule has 0 saturated heterocycles. The Morgan fingerprint density at radius 2 is 1.94 bits per heavy atom. The number of halogens is 1. The first-order chi connectivity index (χ1) is 17.0. The molecule has 35 heavy (non-hydrogen) atoms. The maximum atomic E-state index is 15.1. The van der Waals surface area contributed by atoms with Gasteiger partial charge in [0, 0.05) is 23.9 Å². The fourth-order valence-corrected chi connectivity index (χ4v) is 4.84. The zero-order valence-electron chi connectivity index (χ0n) is 20.0. The number of pyridine rings is 1. The van der Waals surface area contributed by atoms with E-state index in [2.05, 4.69) is 53.0 Å². The Morgan fingerprint density at radius 1 is 1.17 bits per heavy atom. The molecule has 1 N–H and O–H groups in total. The van der Waals surface area contributed by atoms with Crippen LogP contribution in [0.15, 0.2) is 65.8 Å². The molecule has 4 aromatic rings. The van der Waals surface area contributed by atoms with Gasteiger partial charge in [-0.05, 0) is 42.4 Å². The quantitative estimate of drug-likeness (QED) is 0.317. The van der Waals surface area contributed by atoms with Gasteiger partial charge in [0.2, 0.25) is 0 Å². The average Bonchev–Trinajstić information content (AvgIpc) is 3.63. The number of nitrogens with zero attached hydrogens (tertiary/aromatic N) is 3. The summed E-state index contributed by atoms with van der Waals surface area (Å²) in [7, 11) is 0. The van der Waals surface area contributed by atoms with Crippen LogP contribution >= 0.6 is 0 Å². The van der Waals surface area contributed by atoms with Gasteiger partial charge in [-0.1, -0.05) is 51.0 Å². The molecule has 1 aliphatic rings. The monoisotopic (exact) mass is 472 g/mol. The minimum atomic E-state index is -0.614. The third-order valence-corrected chi connectivity index (χ3v) is 6.76. The van der Waals surface area contributed by atoms with E-state index in [0.717, 1.165) is 29.7 Å². The highest BCUT2D eigenvalue weighted by Crippen LogP contribution is 2.38. The highest BCUT2D eigenvalue weighted by Gasteiger charge is 2.25. The Morgan fingerprint density at radius 3 is 2.63 bits per heavy atom. The van der Waals surface area contributed by atoms with Crippen LogP contribution in [0.1, 0.15) is 61.6 Å². The summed E-state index contributed by atoms with van der Waals surface area (Å²) in [4.78, 5) is 21.6. The summed E-state index contributed by atoms with van der Waals surface area (Å²) in [6, 6.07) is 11.5. The van der Waals surface area contributed by atoms with E-state index in [1.165, 1.54) is 37.5 Å². The molecule has 0 unspecified atom stereocenters. The first kappa shape index (κ1) is 23.0. The maximum absolute atomic E-state index is 15.1. The van der Waals surface area contributed by atoms with Gasteiger partial charge < -0.3 is 14.3 Å². The minimum Gasteiger partial charge on any atom is -0.459 e. The summed E-state index contributed by atoms with van der Waals surface area (Å²) >= 11 is 0. The van der Waals surface area contributed by atoms with Crippen LogP contribution in [-0.4, -0.2) is 20.4 Å². The van der Waals surface area contributed by atoms with Crippen molar-refractivity contribution < 1.29 is 13.6 Å². The summed E-state index contributed by atoms with van der Waals surface area (Å²) < 4.78 is 22.4. The van der Waals surface area contributed by atoms with Gasteiger partial charge in [-0.2, -0.15) is 0 Å². The number of anilines is 1. The van der Waals surface area contributed by atoms with Crippen LogP contribution in [0.3, 0.4) is 0 Å². The van der Waals surface area contributed by atoms with Gasteiger partial charge in [-0.3, -0.25) is 9.78 Å². The lowest BCUT2D eigenvalue weighted by molar-refractivity contribution is 0.0996. The summed E-state index contributed by atoms with van der Waals surface area (Å²) in [6.07, 6.45) is 10.7. The second-order valence-electron chi connectivity index (χ2n) is 9.50. The van der Waals surface area contributed by atoms with Crippen LogP contribution in [-0.2, 0) is 6.54 Å². The average molecular weight is 473 g/mol. The van der Waals surface area contributed by atoms with Crippen LogP contribution in [0.5, 0.6) is 0 Å². The largest absolute Gasteiger partial charge is 0.459 e. The number of hydrogen-bond donors (Lipinski definition) is 1. The number of furan rings is 1. The van der Waals surface area contributed by atoms with Crippen LogP contribution < -0.4 is 5.32 Å². The number of carbonyl (C=O) groups is 1. The van der Waals surface area contributed by atoms with Gasteiger partial charge >= 0.3 is 0 Å². The zero-order valence-corrected chi connectivity index (χ0v) is 20.0. The van der Waals surface area contributed by atoms with Gasteiger partial charge in [0.1, 0.15) is 0 Å². The van der Waals surface area contributed by atoms with Crippen LogP contribution in [0, 0.1) is 11.7 Å². The molecule has 0 radical (unpaired) electrons. The molecule has 1 fully saturated rings. The normalized spacial score (nSPS) is 14.1. The number of imidazole rings is 1. The van der Waals surface area contributed by atoms with Gasteiger partial charge in [-0.15, -0.1) is 0 Å². The SMILES string of the molecule is CC(C)c1ccc(-c2ncn(CC3CCCC3)c2-c2cncc(F)c2NC(=O)c2ccco2)cc1. The van der Waals surface area contributed by atoms with E-state index >= 15 is 4.39 Å². The number of carbonyl (C=O) groups excluding carboxylic acids is 1. The van der Waals surface area contributed by atoms with Crippen molar-refractivity contribution in [2.24, 2.45) is 5.92 Å². The lowest BCUT2D eigenvalue weighted by Gasteiger charge is -2.17. The second-order valence-corrected chi connectivity index (χ2v) is 9.50. The van der Waals surface area contributed by atoms with Crippen molar-refractivity contribution in [3.8, 4) is 22.5 Å². The fourth-order valence-electron chi connectivity index (χ4n) is 4.84. The second kappa shape index (κ2) is 9.86. The first-order valence-corrected chi connectivity index (χ1v) is 12.2. The van der Waals surface area contributed by atoms with E-state index in [9.17, 15) is 4.79 Å². The van der Waals surface area contributed by atoms with Crippen molar-refractivity contribution in [2.75, 3.05) is 5.32 Å². The molecule has 0 aliphatic heterocycles. The van der Waals surface area contributed by atoms with Crippen molar-refractivity contribution >= 4 is 11.6 Å². The molecule has 0 atom stereocenters. The highest BCUT2D eigenvalue weighted by molar-refractivity contribution is 6.05. The minimum absolute atomic E-state index is 0.0645. The Balaban J connectivity index is 1.61. The van der Waals surface area contributed by atoms with Gasteiger partial charge in [-0.25, -0.2) is 9.37 Å². The topological polar surface area (TPSA) is 73.0 Å². The molecule has 1 aliphatic carbocycles. The zero-order chi connectivity index (χ0) is 24.4. The molecule has 0 bridgehead atoms. The Bertz CT molecular complexity index is 1300. The van der Waals surface area contributed by atoms with Gasteiger partial charge in [0.05, 0.1) is 35.9 Å². The van der Waals surface area contributed by atoms with E-state index < -0.39 is 11.7 Å². The molecule has 6 nitrogen and oxygen atoms in total. The molecular formula is C28H29FN4O2. The Labute approximate surface area is 204 Å². The number of rotatable bonds is 7. The fraction of sp³-hybridized carbons (Fsp3) is 0.321. The summed E-state index contributed by atoms with van der Waals surface area (Å²) in [5, 5.41) is 2.70. The number of benzene rings is 1. The molecule has 5 rings (SSSR count). The molecule has 1 amide bonds. The van der Waals surface area contributed by atoms with E-state index in [1.54, 1.807) is 18.3 Å². The predicted molar refractivity (Wildman–Crippen MR) is 134 cm³/mol. The summed E-state index contributed by atoms with van der Waals surface area (Å²) in [6.45, 7) is 5.10. The van der Waals surface area contributed by atoms with Crippen LogP contribution in [0.2, 0.25) is 0 Å². The van der Waals surface area contributed by atoms with Crippen molar-refractivity contribution in [1.82, 2.24) is 14.5 Å². The lowest BCUT2D eigenvalue weighted by atomic mass is 9.98. The molecule has 180 valence electrons. The number of nitrogens with one attached hydrogen (secondary N) is 1. The Hall–Kier alpha value is -3.74. The number of hydrogen-bond acceptors (Lipinski definition) is 4. The van der Waals surface area contributed by atoms with Crippen LogP contribution in [0.4, 0.5) is 10.1 Å². The van der Waals surface area contributed by atoms with Crippen molar-refractivity contribution in [3.05, 3.63) is 78.5 Å². The maximum Gasteiger partial charge on any atom is 0.291 e. The van der Waals surface area contributed by atoms with E-state index in [-0.39, 0.29) is 11.4 Å². The molecular weight excluding hydrogens is 443 g/mol. The summed E-state index contributed by atoms with van der Waals surface area (Å²) in [5.41, 5.74) is 4.20. The van der Waals surface area contributed by atoms with E-state index in [1.807, 2.05) is 6.33 Å². The van der Waals surface area contributed by atoms with E-state index in [4.69, 9.17) is 9.40 Å². The Kier molecular flexibility index (Phi) is 6.49. The molecule has 3 heterocycles. The van der Waals surface area contributed by atoms with E-state index in [0.29, 0.717) is 17.4 Å². The number of aromatic nitrogens is 3.